The van der Waals surface area contributed by atoms with E-state index < -0.39 is 22.6 Å². The lowest BCUT2D eigenvalue weighted by Gasteiger charge is -2.35. The van der Waals surface area contributed by atoms with Crippen molar-refractivity contribution in [2.24, 2.45) is 11.8 Å². The van der Waals surface area contributed by atoms with E-state index in [2.05, 4.69) is 0 Å². The van der Waals surface area contributed by atoms with Crippen LogP contribution in [-0.2, 0) is 14.4 Å². The fraction of sp³-hybridized carbons (Fsp3) is 0.406. The Balaban J connectivity index is 1.38. The number of amides is 3. The van der Waals surface area contributed by atoms with Gasteiger partial charge in [-0.25, -0.2) is 0 Å². The highest BCUT2D eigenvalue weighted by Crippen LogP contribution is 2.61. The van der Waals surface area contributed by atoms with Gasteiger partial charge in [0, 0.05) is 42.9 Å². The number of carbonyl (C=O) groups excluding carboxylic acids is 3. The smallest absolute Gasteiger partial charge is 0.251 e. The highest BCUT2D eigenvalue weighted by molar-refractivity contribution is 8.02. The average Bonchev–Trinajstić information content (AvgIpc) is 3.31. The number of aliphatic hydroxyl groups excluding tert-OH is 1. The van der Waals surface area contributed by atoms with E-state index >= 15 is 0 Å². The van der Waals surface area contributed by atoms with Gasteiger partial charge in [-0.15, -0.1) is 11.8 Å². The summed E-state index contributed by atoms with van der Waals surface area (Å²) in [5.74, 6) is -0.475. The first-order valence-corrected chi connectivity index (χ1v) is 15.2. The Morgan fingerprint density at radius 1 is 0.905 bits per heavy atom. The predicted molar refractivity (Wildman–Crippen MR) is 162 cm³/mol. The van der Waals surface area contributed by atoms with Crippen LogP contribution in [0.4, 0.5) is 11.4 Å². The van der Waals surface area contributed by atoms with Crippen molar-refractivity contribution in [3.05, 3.63) is 72.8 Å². The maximum absolute atomic E-state index is 14.4. The summed E-state index contributed by atoms with van der Waals surface area (Å²) in [6, 6.07) is 13.9. The topological polar surface area (TPSA) is 99.6 Å². The molecule has 1 spiro atoms. The van der Waals surface area contributed by atoms with Gasteiger partial charge in [-0.05, 0) is 61.9 Å². The molecule has 5 atom stereocenters. The van der Waals surface area contributed by atoms with Gasteiger partial charge in [0.15, 0.2) is 0 Å². The molecule has 3 amide bonds. The van der Waals surface area contributed by atoms with Crippen molar-refractivity contribution in [1.29, 1.82) is 0 Å². The van der Waals surface area contributed by atoms with Crippen LogP contribution in [0, 0.1) is 11.8 Å². The fourth-order valence-electron chi connectivity index (χ4n) is 6.73. The number of methoxy groups -OCH3 is 1. The Bertz CT molecular complexity index is 1410. The molecule has 0 radical (unpaired) electrons. The zero-order valence-corrected chi connectivity index (χ0v) is 24.5. The fourth-order valence-corrected chi connectivity index (χ4v) is 8.74. The summed E-state index contributed by atoms with van der Waals surface area (Å²) in [5, 5.41) is 9.39. The van der Waals surface area contributed by atoms with Crippen molar-refractivity contribution >= 4 is 40.9 Å². The highest BCUT2D eigenvalue weighted by atomic mass is 32.2. The largest absolute Gasteiger partial charge is 0.497 e. The molecule has 4 aliphatic rings. The lowest BCUT2D eigenvalue weighted by molar-refractivity contribution is -0.138. The molecular weight excluding hydrogens is 554 g/mol. The predicted octanol–water partition coefficient (Wildman–Crippen LogP) is 3.28. The van der Waals surface area contributed by atoms with Gasteiger partial charge < -0.3 is 29.3 Å². The lowest BCUT2D eigenvalue weighted by Crippen LogP contribution is -2.53. The van der Waals surface area contributed by atoms with E-state index in [9.17, 15) is 19.5 Å². The van der Waals surface area contributed by atoms with Gasteiger partial charge in [0.25, 0.3) is 5.91 Å². The summed E-state index contributed by atoms with van der Waals surface area (Å²) in [5.41, 5.74) is 1.44. The summed E-state index contributed by atoms with van der Waals surface area (Å²) >= 11 is 1.55. The minimum Gasteiger partial charge on any atom is -0.497 e. The van der Waals surface area contributed by atoms with Crippen LogP contribution in [0.2, 0.25) is 0 Å². The number of likely N-dealkylation sites (tertiary alicyclic amines) is 1. The first-order chi connectivity index (χ1) is 20.4. The standard InChI is InChI=1S/C32H35N3O6S/c1-3-41-24-14-10-21(11-15-24)33-17-4-7-25-26(29(33)37)27-30(38)35(19-6-20-36)28-31(39)34(18-5-16-32(27,28)42-25)22-8-12-23(40-2)13-9-22/h4-5,7-16,25-28,36H,3,6,17-20H2,1-2H3/t25-,26+,27-,28?,32-/m0/s1. The Morgan fingerprint density at radius 3 is 2.19 bits per heavy atom. The molecule has 0 saturated carbocycles. The number of nitrogens with zero attached hydrogens (tertiary/aromatic N) is 3. The number of ether oxygens (including phenoxy) is 2. The van der Waals surface area contributed by atoms with E-state index in [1.54, 1.807) is 45.7 Å². The number of rotatable bonds is 8. The molecule has 1 N–H and O–H groups in total. The van der Waals surface area contributed by atoms with Crippen LogP contribution >= 0.6 is 11.8 Å². The van der Waals surface area contributed by atoms with Crippen LogP contribution in [0.5, 0.6) is 11.5 Å². The minimum atomic E-state index is -0.915. The van der Waals surface area contributed by atoms with Crippen LogP contribution in [0.1, 0.15) is 13.3 Å². The van der Waals surface area contributed by atoms with Gasteiger partial charge in [-0.1, -0.05) is 24.3 Å². The molecular formula is C32H35N3O6S. The summed E-state index contributed by atoms with van der Waals surface area (Å²) in [6.07, 6.45) is 8.31. The van der Waals surface area contributed by atoms with Crippen LogP contribution in [-0.4, -0.2) is 83.7 Å². The Kier molecular flexibility index (Phi) is 7.76. The van der Waals surface area contributed by atoms with Gasteiger partial charge in [0.1, 0.15) is 17.5 Å². The van der Waals surface area contributed by atoms with E-state index in [1.165, 1.54) is 0 Å². The highest BCUT2D eigenvalue weighted by Gasteiger charge is 2.71. The molecule has 2 saturated heterocycles. The van der Waals surface area contributed by atoms with E-state index in [1.807, 2.05) is 67.6 Å². The SMILES string of the molecule is CCOc1ccc(N2CC=C[C@@H]3S[C@]45C=CCN(c6ccc(OC)cc6)C(=O)C4N(CCCO)C(=O)[C@@H]5[C@@H]3C2=O)cc1. The maximum atomic E-state index is 14.4. The Labute approximate surface area is 249 Å². The van der Waals surface area contributed by atoms with Gasteiger partial charge >= 0.3 is 0 Å². The summed E-state index contributed by atoms with van der Waals surface area (Å²) in [6.45, 7) is 3.34. The molecule has 9 nitrogen and oxygen atoms in total. The first kappa shape index (κ1) is 28.4. The molecule has 0 aliphatic carbocycles. The molecule has 6 rings (SSSR count). The van der Waals surface area contributed by atoms with Crippen molar-refractivity contribution < 1.29 is 29.0 Å². The van der Waals surface area contributed by atoms with Gasteiger partial charge in [-0.2, -0.15) is 0 Å². The third-order valence-corrected chi connectivity index (χ3v) is 10.3. The van der Waals surface area contributed by atoms with Crippen LogP contribution in [0.15, 0.2) is 72.8 Å². The summed E-state index contributed by atoms with van der Waals surface area (Å²) < 4.78 is 9.96. The van der Waals surface area contributed by atoms with Gasteiger partial charge in [0.2, 0.25) is 11.8 Å². The first-order valence-electron chi connectivity index (χ1n) is 14.4. The normalized spacial score (nSPS) is 28.4. The summed E-state index contributed by atoms with van der Waals surface area (Å²) in [4.78, 5) is 48.1. The number of fused-ring (bicyclic) bond motifs is 2. The Hall–Kier alpha value is -3.76. The second kappa shape index (κ2) is 11.5. The number of anilines is 2. The number of hydrogen-bond acceptors (Lipinski definition) is 7. The molecule has 2 fully saturated rings. The minimum absolute atomic E-state index is 0.104. The van der Waals surface area contributed by atoms with Gasteiger partial charge in [-0.3, -0.25) is 14.4 Å². The number of hydrogen-bond donors (Lipinski definition) is 1. The van der Waals surface area contributed by atoms with Crippen molar-refractivity contribution in [3.8, 4) is 11.5 Å². The number of benzene rings is 2. The molecule has 0 bridgehead atoms. The van der Waals surface area contributed by atoms with Crippen LogP contribution in [0.3, 0.4) is 0 Å². The summed E-state index contributed by atoms with van der Waals surface area (Å²) in [7, 11) is 1.59. The molecule has 4 heterocycles. The molecule has 1 unspecified atom stereocenters. The van der Waals surface area contributed by atoms with E-state index in [4.69, 9.17) is 9.47 Å². The number of carbonyl (C=O) groups is 3. The number of aliphatic hydroxyl groups is 1. The molecule has 4 aliphatic heterocycles. The van der Waals surface area contributed by atoms with Crippen molar-refractivity contribution in [2.75, 3.05) is 49.8 Å². The van der Waals surface area contributed by atoms with Crippen LogP contribution in [0.25, 0.3) is 0 Å². The number of thioether (sulfide) groups is 1. The third-order valence-electron chi connectivity index (χ3n) is 8.56. The molecule has 220 valence electrons. The molecule has 0 aromatic heterocycles. The third kappa shape index (κ3) is 4.57. The molecule has 2 aromatic carbocycles. The Morgan fingerprint density at radius 2 is 1.55 bits per heavy atom. The van der Waals surface area contributed by atoms with Crippen LogP contribution < -0.4 is 19.3 Å². The van der Waals surface area contributed by atoms with Gasteiger partial charge in [0.05, 0.1) is 30.3 Å². The van der Waals surface area contributed by atoms with E-state index in [-0.39, 0.29) is 36.1 Å². The maximum Gasteiger partial charge on any atom is 0.251 e. The second-order valence-electron chi connectivity index (χ2n) is 10.8. The monoisotopic (exact) mass is 589 g/mol. The van der Waals surface area contributed by atoms with E-state index in [0.717, 1.165) is 11.4 Å². The zero-order valence-electron chi connectivity index (χ0n) is 23.7. The molecule has 2 aromatic rings. The lowest BCUT2D eigenvalue weighted by atomic mass is 9.78. The zero-order chi connectivity index (χ0) is 29.4. The van der Waals surface area contributed by atoms with E-state index in [0.29, 0.717) is 37.6 Å². The molecule has 42 heavy (non-hydrogen) atoms. The van der Waals surface area contributed by atoms with Crippen molar-refractivity contribution in [1.82, 2.24) is 4.90 Å². The second-order valence-corrected chi connectivity index (χ2v) is 12.3. The van der Waals surface area contributed by atoms with Crippen molar-refractivity contribution in [3.63, 3.8) is 0 Å². The quantitative estimate of drug-likeness (QED) is 0.472. The van der Waals surface area contributed by atoms with Crippen molar-refractivity contribution in [2.45, 2.75) is 29.4 Å². The molecule has 10 heteroatoms. The average molecular weight is 590 g/mol.